The third kappa shape index (κ3) is 3.65. The summed E-state index contributed by atoms with van der Waals surface area (Å²) in [5.74, 6) is -2.33. The molecule has 1 amide bonds. The predicted octanol–water partition coefficient (Wildman–Crippen LogP) is 3.04. The molecule has 1 rings (SSSR count). The number of carbonyl (C=O) groups excluding carboxylic acids is 1. The molecule has 0 radical (unpaired) electrons. The molecule has 16 heavy (non-hydrogen) atoms. The number of rotatable bonds is 3. The molecule has 0 spiro atoms. The lowest BCUT2D eigenvalue weighted by molar-refractivity contribution is -0.111. The molecule has 0 bridgehead atoms. The van der Waals surface area contributed by atoms with Crippen molar-refractivity contribution in [3.05, 3.63) is 54.1 Å². The van der Waals surface area contributed by atoms with Gasteiger partial charge in [0.05, 0.1) is 0 Å². The molecule has 0 aliphatic carbocycles. The molecule has 0 aliphatic rings. The SMILES string of the molecule is CC=CC=CC(=O)Nc1ccc(F)c(F)c1. The summed E-state index contributed by atoms with van der Waals surface area (Å²) in [5.41, 5.74) is 0.217. The molecule has 0 atom stereocenters. The van der Waals surface area contributed by atoms with E-state index < -0.39 is 17.5 Å². The van der Waals surface area contributed by atoms with Crippen molar-refractivity contribution in [3.63, 3.8) is 0 Å². The highest BCUT2D eigenvalue weighted by atomic mass is 19.2. The van der Waals surface area contributed by atoms with E-state index in [1.165, 1.54) is 12.1 Å². The summed E-state index contributed by atoms with van der Waals surface area (Å²) in [6.45, 7) is 1.82. The normalized spacial score (nSPS) is 11.2. The van der Waals surface area contributed by atoms with Crippen molar-refractivity contribution >= 4 is 11.6 Å². The van der Waals surface area contributed by atoms with Crippen molar-refractivity contribution in [2.24, 2.45) is 0 Å². The molecule has 1 N–H and O–H groups in total. The topological polar surface area (TPSA) is 29.1 Å². The van der Waals surface area contributed by atoms with Gasteiger partial charge in [0.15, 0.2) is 11.6 Å². The van der Waals surface area contributed by atoms with Gasteiger partial charge in [0.1, 0.15) is 0 Å². The van der Waals surface area contributed by atoms with E-state index in [9.17, 15) is 13.6 Å². The average Bonchev–Trinajstić information content (AvgIpc) is 2.24. The van der Waals surface area contributed by atoms with Gasteiger partial charge in [-0.3, -0.25) is 4.79 Å². The number of amides is 1. The summed E-state index contributed by atoms with van der Waals surface area (Å²) >= 11 is 0. The van der Waals surface area contributed by atoms with Crippen molar-refractivity contribution in [1.29, 1.82) is 0 Å². The van der Waals surface area contributed by atoms with Crippen LogP contribution in [0.1, 0.15) is 6.92 Å². The Kier molecular flexibility index (Phi) is 4.39. The molecular weight excluding hydrogens is 212 g/mol. The third-order valence-corrected chi connectivity index (χ3v) is 1.74. The van der Waals surface area contributed by atoms with Crippen LogP contribution < -0.4 is 5.32 Å². The molecule has 0 aromatic heterocycles. The molecule has 0 saturated carbocycles. The van der Waals surface area contributed by atoms with Crippen molar-refractivity contribution in [1.82, 2.24) is 0 Å². The predicted molar refractivity (Wildman–Crippen MR) is 58.9 cm³/mol. The highest BCUT2D eigenvalue weighted by Crippen LogP contribution is 2.12. The summed E-state index contributed by atoms with van der Waals surface area (Å²) in [5, 5.41) is 2.40. The molecule has 4 heteroatoms. The van der Waals surface area contributed by atoms with E-state index in [-0.39, 0.29) is 5.69 Å². The standard InChI is InChI=1S/C12H11F2NO/c1-2-3-4-5-12(16)15-9-6-7-10(13)11(14)8-9/h2-8H,1H3,(H,15,16). The fourth-order valence-electron chi connectivity index (χ4n) is 1.01. The first-order chi connectivity index (χ1) is 7.63. The Morgan fingerprint density at radius 1 is 1.25 bits per heavy atom. The second kappa shape index (κ2) is 5.80. The number of hydrogen-bond donors (Lipinski definition) is 1. The maximum Gasteiger partial charge on any atom is 0.248 e. The molecule has 0 fully saturated rings. The minimum absolute atomic E-state index is 0.217. The second-order valence-corrected chi connectivity index (χ2v) is 3.00. The fraction of sp³-hybridized carbons (Fsp3) is 0.0833. The van der Waals surface area contributed by atoms with Gasteiger partial charge in [-0.25, -0.2) is 8.78 Å². The highest BCUT2D eigenvalue weighted by molar-refractivity contribution is 5.99. The number of carbonyl (C=O) groups is 1. The van der Waals surface area contributed by atoms with E-state index >= 15 is 0 Å². The molecule has 2 nitrogen and oxygen atoms in total. The van der Waals surface area contributed by atoms with Crippen LogP contribution in [0.3, 0.4) is 0 Å². The highest BCUT2D eigenvalue weighted by Gasteiger charge is 2.03. The van der Waals surface area contributed by atoms with Crippen molar-refractivity contribution < 1.29 is 13.6 Å². The van der Waals surface area contributed by atoms with Gasteiger partial charge in [0, 0.05) is 17.8 Å². The van der Waals surface area contributed by atoms with E-state index in [0.717, 1.165) is 12.1 Å². The van der Waals surface area contributed by atoms with Crippen LogP contribution in [0.4, 0.5) is 14.5 Å². The van der Waals surface area contributed by atoms with E-state index in [1.54, 1.807) is 18.2 Å². The maximum absolute atomic E-state index is 12.8. The Morgan fingerprint density at radius 3 is 2.62 bits per heavy atom. The van der Waals surface area contributed by atoms with Crippen molar-refractivity contribution in [3.8, 4) is 0 Å². The molecule has 0 heterocycles. The number of benzene rings is 1. The largest absolute Gasteiger partial charge is 0.322 e. The van der Waals surface area contributed by atoms with Gasteiger partial charge in [0.2, 0.25) is 5.91 Å². The average molecular weight is 223 g/mol. The molecule has 1 aromatic rings. The van der Waals surface area contributed by atoms with Crippen LogP contribution in [-0.2, 0) is 4.79 Å². The number of allylic oxidation sites excluding steroid dienone is 3. The van der Waals surface area contributed by atoms with Gasteiger partial charge >= 0.3 is 0 Å². The zero-order valence-electron chi connectivity index (χ0n) is 8.71. The Labute approximate surface area is 92.3 Å². The van der Waals surface area contributed by atoms with Crippen LogP contribution >= 0.6 is 0 Å². The van der Waals surface area contributed by atoms with E-state index in [1.807, 2.05) is 6.92 Å². The van der Waals surface area contributed by atoms with Gasteiger partial charge in [-0.15, -0.1) is 0 Å². The molecule has 0 aliphatic heterocycles. The Morgan fingerprint density at radius 2 is 2.00 bits per heavy atom. The molecule has 1 aromatic carbocycles. The number of halogens is 2. The Bertz CT molecular complexity index is 439. The summed E-state index contributed by atoms with van der Waals surface area (Å²) < 4.78 is 25.4. The second-order valence-electron chi connectivity index (χ2n) is 3.00. The van der Waals surface area contributed by atoms with Gasteiger partial charge in [-0.2, -0.15) is 0 Å². The van der Waals surface area contributed by atoms with Crippen LogP contribution in [0.5, 0.6) is 0 Å². The Balaban J connectivity index is 2.66. The first-order valence-electron chi connectivity index (χ1n) is 4.69. The molecule has 0 saturated heterocycles. The first kappa shape index (κ1) is 12.1. The lowest BCUT2D eigenvalue weighted by Gasteiger charge is -2.01. The fourth-order valence-corrected chi connectivity index (χ4v) is 1.01. The minimum atomic E-state index is -0.991. The van der Waals surface area contributed by atoms with Gasteiger partial charge in [-0.05, 0) is 19.1 Å². The summed E-state index contributed by atoms with van der Waals surface area (Å²) in [6.07, 6.45) is 6.29. The zero-order chi connectivity index (χ0) is 12.0. The van der Waals surface area contributed by atoms with Crippen LogP contribution in [-0.4, -0.2) is 5.91 Å². The Hall–Kier alpha value is -1.97. The quantitative estimate of drug-likeness (QED) is 0.619. The van der Waals surface area contributed by atoms with Gasteiger partial charge < -0.3 is 5.32 Å². The summed E-state index contributed by atoms with van der Waals surface area (Å²) in [7, 11) is 0. The first-order valence-corrected chi connectivity index (χ1v) is 4.69. The minimum Gasteiger partial charge on any atom is -0.322 e. The smallest absolute Gasteiger partial charge is 0.248 e. The number of nitrogens with one attached hydrogen (secondary N) is 1. The van der Waals surface area contributed by atoms with Crippen molar-refractivity contribution in [2.45, 2.75) is 6.92 Å². The van der Waals surface area contributed by atoms with Crippen LogP contribution in [0.2, 0.25) is 0 Å². The lowest BCUT2D eigenvalue weighted by atomic mass is 10.3. The lowest BCUT2D eigenvalue weighted by Crippen LogP contribution is -2.08. The third-order valence-electron chi connectivity index (χ3n) is 1.74. The molecule has 0 unspecified atom stereocenters. The van der Waals surface area contributed by atoms with Crippen LogP contribution in [0.25, 0.3) is 0 Å². The van der Waals surface area contributed by atoms with E-state index in [0.29, 0.717) is 0 Å². The van der Waals surface area contributed by atoms with E-state index in [4.69, 9.17) is 0 Å². The van der Waals surface area contributed by atoms with E-state index in [2.05, 4.69) is 5.32 Å². The molecular formula is C12H11F2NO. The number of hydrogen-bond acceptors (Lipinski definition) is 1. The summed E-state index contributed by atoms with van der Waals surface area (Å²) in [4.78, 5) is 11.2. The zero-order valence-corrected chi connectivity index (χ0v) is 8.71. The van der Waals surface area contributed by atoms with Gasteiger partial charge in [-0.1, -0.05) is 18.2 Å². The number of anilines is 1. The summed E-state index contributed by atoms with van der Waals surface area (Å²) in [6, 6.07) is 3.18. The van der Waals surface area contributed by atoms with Crippen LogP contribution in [0.15, 0.2) is 42.5 Å². The maximum atomic E-state index is 12.8. The monoisotopic (exact) mass is 223 g/mol. The van der Waals surface area contributed by atoms with Crippen molar-refractivity contribution in [2.75, 3.05) is 5.32 Å². The van der Waals surface area contributed by atoms with Gasteiger partial charge in [0.25, 0.3) is 0 Å². The van der Waals surface area contributed by atoms with Crippen LogP contribution in [0, 0.1) is 11.6 Å². The molecule has 84 valence electrons.